The van der Waals surface area contributed by atoms with Gasteiger partial charge in [0.05, 0.1) is 6.54 Å². The van der Waals surface area contributed by atoms with Crippen molar-refractivity contribution in [3.05, 3.63) is 0 Å². The Hall–Kier alpha value is -0.570. The van der Waals surface area contributed by atoms with Crippen LogP contribution in [0.5, 0.6) is 0 Å². The van der Waals surface area contributed by atoms with Crippen LogP contribution in [0.25, 0.3) is 0 Å². The molecule has 3 nitrogen and oxygen atoms in total. The summed E-state index contributed by atoms with van der Waals surface area (Å²) < 4.78 is 0. The highest BCUT2D eigenvalue weighted by atomic mass is 16.4. The van der Waals surface area contributed by atoms with E-state index in [-0.39, 0.29) is 6.54 Å². The molecule has 0 aliphatic heterocycles. The van der Waals surface area contributed by atoms with E-state index in [1.807, 2.05) is 0 Å². The van der Waals surface area contributed by atoms with Gasteiger partial charge in [-0.2, -0.15) is 0 Å². The minimum absolute atomic E-state index is 0.212. The van der Waals surface area contributed by atoms with Crippen LogP contribution in [0.4, 0.5) is 0 Å². The van der Waals surface area contributed by atoms with Crippen molar-refractivity contribution in [3.63, 3.8) is 0 Å². The number of hydrogen-bond acceptors (Lipinski definition) is 2. The molecule has 1 N–H and O–H groups in total. The summed E-state index contributed by atoms with van der Waals surface area (Å²) in [4.78, 5) is 13.2. The highest BCUT2D eigenvalue weighted by Crippen LogP contribution is 2.26. The number of nitrogens with zero attached hydrogens (tertiary/aromatic N) is 1. The number of carbonyl (C=O) groups is 1. The second-order valence-electron chi connectivity index (χ2n) is 5.82. The fourth-order valence-corrected chi connectivity index (χ4v) is 2.78. The Bertz CT molecular complexity index is 234. The molecule has 1 atom stereocenters. The Balaban J connectivity index is 2.51. The van der Waals surface area contributed by atoms with Gasteiger partial charge in [0.2, 0.25) is 0 Å². The lowest BCUT2D eigenvalue weighted by molar-refractivity contribution is -0.139. The summed E-state index contributed by atoms with van der Waals surface area (Å²) in [5.41, 5.74) is 0. The third-order valence-electron chi connectivity index (χ3n) is 3.84. The second-order valence-corrected chi connectivity index (χ2v) is 5.82. The first kappa shape index (κ1) is 14.5. The molecule has 100 valence electrons. The summed E-state index contributed by atoms with van der Waals surface area (Å²) in [6, 6.07) is 0.907. The number of carboxylic acids is 1. The molecule has 3 heteroatoms. The van der Waals surface area contributed by atoms with E-state index in [9.17, 15) is 4.79 Å². The zero-order valence-corrected chi connectivity index (χ0v) is 11.5. The van der Waals surface area contributed by atoms with E-state index in [1.54, 1.807) is 0 Å². The van der Waals surface area contributed by atoms with Crippen LogP contribution in [0.3, 0.4) is 0 Å². The van der Waals surface area contributed by atoms with Gasteiger partial charge in [-0.1, -0.05) is 26.7 Å². The molecule has 0 spiro atoms. The molecule has 1 unspecified atom stereocenters. The van der Waals surface area contributed by atoms with Crippen LogP contribution >= 0.6 is 0 Å². The van der Waals surface area contributed by atoms with Gasteiger partial charge in [0, 0.05) is 12.1 Å². The number of carboxylic acid groups (broad SMARTS) is 1. The fourth-order valence-electron chi connectivity index (χ4n) is 2.78. The predicted octanol–water partition coefficient (Wildman–Crippen LogP) is 3.14. The molecule has 0 aromatic heterocycles. The van der Waals surface area contributed by atoms with Crippen molar-refractivity contribution in [2.45, 2.75) is 71.4 Å². The molecule has 1 aliphatic carbocycles. The molecule has 0 aromatic rings. The lowest BCUT2D eigenvalue weighted by Gasteiger charge is -2.33. The van der Waals surface area contributed by atoms with Gasteiger partial charge in [0.15, 0.2) is 0 Å². The largest absolute Gasteiger partial charge is 0.480 e. The van der Waals surface area contributed by atoms with Gasteiger partial charge in [-0.25, -0.2) is 0 Å². The van der Waals surface area contributed by atoms with Crippen LogP contribution in [-0.4, -0.2) is 34.6 Å². The molecule has 1 fully saturated rings. The molecule has 17 heavy (non-hydrogen) atoms. The van der Waals surface area contributed by atoms with Crippen LogP contribution in [0.2, 0.25) is 0 Å². The molecule has 0 heterocycles. The van der Waals surface area contributed by atoms with Crippen molar-refractivity contribution in [3.8, 4) is 0 Å². The lowest BCUT2D eigenvalue weighted by Crippen LogP contribution is -2.43. The SMILES string of the molecule is CC(C)CCC(C)N(CC(=O)O)C1CCCC1. The average molecular weight is 241 g/mol. The van der Waals surface area contributed by atoms with Crippen molar-refractivity contribution in [2.24, 2.45) is 5.92 Å². The quantitative estimate of drug-likeness (QED) is 0.744. The Morgan fingerprint density at radius 2 is 1.82 bits per heavy atom. The molecule has 0 amide bonds. The number of hydrogen-bond donors (Lipinski definition) is 1. The van der Waals surface area contributed by atoms with E-state index in [4.69, 9.17) is 5.11 Å². The van der Waals surface area contributed by atoms with Crippen LogP contribution < -0.4 is 0 Å². The molecule has 0 saturated heterocycles. The van der Waals surface area contributed by atoms with Crippen LogP contribution in [0.1, 0.15) is 59.3 Å². The van der Waals surface area contributed by atoms with Gasteiger partial charge < -0.3 is 5.11 Å². The smallest absolute Gasteiger partial charge is 0.317 e. The zero-order valence-electron chi connectivity index (χ0n) is 11.5. The van der Waals surface area contributed by atoms with Crippen molar-refractivity contribution in [2.75, 3.05) is 6.54 Å². The monoisotopic (exact) mass is 241 g/mol. The predicted molar refractivity (Wildman–Crippen MR) is 70.1 cm³/mol. The third kappa shape index (κ3) is 5.07. The molecular formula is C14H27NO2. The first-order valence-corrected chi connectivity index (χ1v) is 6.98. The second kappa shape index (κ2) is 7.00. The summed E-state index contributed by atoms with van der Waals surface area (Å²) in [5, 5.41) is 9.03. The number of aliphatic carboxylic acids is 1. The van der Waals surface area contributed by atoms with Gasteiger partial charge in [0.1, 0.15) is 0 Å². The van der Waals surface area contributed by atoms with Crippen LogP contribution in [-0.2, 0) is 4.79 Å². The summed E-state index contributed by atoms with van der Waals surface area (Å²) >= 11 is 0. The lowest BCUT2D eigenvalue weighted by atomic mass is 10.0. The van der Waals surface area contributed by atoms with Crippen LogP contribution in [0, 0.1) is 5.92 Å². The Morgan fingerprint density at radius 3 is 2.29 bits per heavy atom. The Kier molecular flexibility index (Phi) is 5.96. The zero-order chi connectivity index (χ0) is 12.8. The van der Waals surface area contributed by atoms with E-state index in [1.165, 1.54) is 32.1 Å². The van der Waals surface area contributed by atoms with Gasteiger partial charge in [-0.15, -0.1) is 0 Å². The van der Waals surface area contributed by atoms with Gasteiger partial charge in [-0.05, 0) is 38.5 Å². The highest BCUT2D eigenvalue weighted by Gasteiger charge is 2.27. The van der Waals surface area contributed by atoms with Crippen molar-refractivity contribution < 1.29 is 9.90 Å². The molecule has 0 aromatic carbocycles. The van der Waals surface area contributed by atoms with Crippen molar-refractivity contribution >= 4 is 5.97 Å². The van der Waals surface area contributed by atoms with Crippen molar-refractivity contribution in [1.82, 2.24) is 4.90 Å². The summed E-state index contributed by atoms with van der Waals surface area (Å²) in [5.74, 6) is 0.0148. The van der Waals surface area contributed by atoms with Crippen LogP contribution in [0.15, 0.2) is 0 Å². The first-order chi connectivity index (χ1) is 8.00. The van der Waals surface area contributed by atoms with Crippen molar-refractivity contribution in [1.29, 1.82) is 0 Å². The Morgan fingerprint density at radius 1 is 1.24 bits per heavy atom. The highest BCUT2D eigenvalue weighted by molar-refractivity contribution is 5.69. The van der Waals surface area contributed by atoms with Gasteiger partial charge in [-0.3, -0.25) is 9.69 Å². The Labute approximate surface area is 105 Å². The molecule has 1 aliphatic rings. The maximum Gasteiger partial charge on any atom is 0.317 e. The minimum Gasteiger partial charge on any atom is -0.480 e. The minimum atomic E-state index is -0.687. The fraction of sp³-hybridized carbons (Fsp3) is 0.929. The van der Waals surface area contributed by atoms with Gasteiger partial charge in [0.25, 0.3) is 0 Å². The summed E-state index contributed by atoms with van der Waals surface area (Å²) in [7, 11) is 0. The van der Waals surface area contributed by atoms with E-state index >= 15 is 0 Å². The maximum absolute atomic E-state index is 11.0. The molecule has 1 rings (SSSR count). The van der Waals surface area contributed by atoms with Gasteiger partial charge >= 0.3 is 5.97 Å². The summed E-state index contributed by atoms with van der Waals surface area (Å²) in [6.07, 6.45) is 7.18. The van der Waals surface area contributed by atoms with E-state index in [2.05, 4.69) is 25.7 Å². The molecular weight excluding hydrogens is 214 g/mol. The molecule has 0 bridgehead atoms. The topological polar surface area (TPSA) is 40.5 Å². The van der Waals surface area contributed by atoms with E-state index < -0.39 is 5.97 Å². The molecule has 1 saturated carbocycles. The average Bonchev–Trinajstić information content (AvgIpc) is 2.75. The molecule has 0 radical (unpaired) electrons. The number of rotatable bonds is 7. The van der Waals surface area contributed by atoms with E-state index in [0.717, 1.165) is 6.42 Å². The summed E-state index contributed by atoms with van der Waals surface area (Å²) in [6.45, 7) is 6.85. The van der Waals surface area contributed by atoms with E-state index in [0.29, 0.717) is 18.0 Å². The normalized spacial score (nSPS) is 19.1. The maximum atomic E-state index is 11.0. The third-order valence-corrected chi connectivity index (χ3v) is 3.84. The standard InChI is InChI=1S/C14H27NO2/c1-11(2)8-9-12(3)15(10-14(16)17)13-6-4-5-7-13/h11-13H,4-10H2,1-3H3,(H,16,17). The first-order valence-electron chi connectivity index (χ1n) is 6.98.